The van der Waals surface area contributed by atoms with E-state index >= 15 is 0 Å². The minimum atomic E-state index is 0.718. The molecule has 0 bridgehead atoms. The smallest absolute Gasteiger partial charge is 0.190 e. The fraction of sp³-hybridized carbons (Fsp3) is 0.613. The molecule has 4 heterocycles. The molecular weight excluding hydrogens is 492 g/mol. The molecular formula is C31H58N4O4. The zero-order valence-electron chi connectivity index (χ0n) is 27.4. The van der Waals surface area contributed by atoms with Crippen molar-refractivity contribution in [2.24, 2.45) is 23.7 Å². The van der Waals surface area contributed by atoms with Crippen LogP contribution < -0.4 is 0 Å². The lowest BCUT2D eigenvalue weighted by atomic mass is 10.3. The monoisotopic (exact) mass is 550 g/mol. The molecule has 0 saturated carbocycles. The lowest BCUT2D eigenvalue weighted by Gasteiger charge is -1.79. The van der Waals surface area contributed by atoms with Crippen molar-refractivity contribution < 1.29 is 17.7 Å². The van der Waals surface area contributed by atoms with E-state index in [-0.39, 0.29) is 0 Å². The van der Waals surface area contributed by atoms with Gasteiger partial charge in [-0.15, -0.1) is 0 Å². The first-order valence-corrected chi connectivity index (χ1v) is 13.5. The van der Waals surface area contributed by atoms with Gasteiger partial charge >= 0.3 is 0 Å². The van der Waals surface area contributed by atoms with Crippen LogP contribution >= 0.6 is 0 Å². The van der Waals surface area contributed by atoms with Crippen LogP contribution in [-0.4, -0.2) is 19.9 Å². The van der Waals surface area contributed by atoms with Gasteiger partial charge in [0, 0.05) is 6.92 Å². The first-order chi connectivity index (χ1) is 18.1. The summed E-state index contributed by atoms with van der Waals surface area (Å²) in [6, 6.07) is 0. The zero-order chi connectivity index (χ0) is 31.1. The molecule has 0 N–H and O–H groups in total. The van der Waals surface area contributed by atoms with E-state index in [1.165, 1.54) is 25.4 Å². The fourth-order valence-electron chi connectivity index (χ4n) is 1.02. The van der Waals surface area contributed by atoms with Gasteiger partial charge in [0.1, 0.15) is 24.5 Å². The third-order valence-corrected chi connectivity index (χ3v) is 2.01. The van der Waals surface area contributed by atoms with E-state index in [4.69, 9.17) is 8.83 Å². The van der Waals surface area contributed by atoms with Crippen molar-refractivity contribution in [2.75, 3.05) is 0 Å². The number of oxazole rings is 4. The summed E-state index contributed by atoms with van der Waals surface area (Å²) in [5.74, 6) is 4.91. The highest BCUT2D eigenvalue weighted by molar-refractivity contribution is 4.83. The molecule has 226 valence electrons. The normalized spacial score (nSPS) is 8.79. The van der Waals surface area contributed by atoms with Gasteiger partial charge in [-0.3, -0.25) is 0 Å². The Hall–Kier alpha value is -3.16. The van der Waals surface area contributed by atoms with Crippen LogP contribution in [-0.2, 0) is 0 Å². The summed E-state index contributed by atoms with van der Waals surface area (Å²) in [5.41, 5.74) is 0.926. The molecule has 0 aliphatic carbocycles. The zero-order valence-corrected chi connectivity index (χ0v) is 27.4. The van der Waals surface area contributed by atoms with Gasteiger partial charge in [-0.05, 0) is 37.5 Å². The van der Waals surface area contributed by atoms with Crippen molar-refractivity contribution in [3.63, 3.8) is 0 Å². The second-order valence-electron chi connectivity index (χ2n) is 10.9. The van der Waals surface area contributed by atoms with E-state index in [1.54, 1.807) is 38.0 Å². The number of aromatic nitrogens is 4. The number of aryl methyl sites for hydroxylation is 3. The van der Waals surface area contributed by atoms with Gasteiger partial charge in [-0.2, -0.15) is 0 Å². The van der Waals surface area contributed by atoms with E-state index in [0.717, 1.165) is 41.0 Å². The van der Waals surface area contributed by atoms with Crippen LogP contribution in [0.2, 0.25) is 0 Å². The van der Waals surface area contributed by atoms with Crippen molar-refractivity contribution in [3.05, 3.63) is 73.9 Å². The van der Waals surface area contributed by atoms with Crippen molar-refractivity contribution in [2.45, 2.75) is 104 Å². The van der Waals surface area contributed by atoms with E-state index in [1.807, 2.05) is 13.8 Å². The molecule has 0 amide bonds. The number of hydrogen-bond acceptors (Lipinski definition) is 8. The average molecular weight is 551 g/mol. The molecule has 0 spiro atoms. The lowest BCUT2D eigenvalue weighted by Crippen LogP contribution is -1.66. The molecule has 0 saturated heterocycles. The molecule has 4 rings (SSSR count). The summed E-state index contributed by atoms with van der Waals surface area (Å²) < 4.78 is 18.5. The third-order valence-electron chi connectivity index (χ3n) is 2.01. The molecule has 0 aromatic carbocycles. The van der Waals surface area contributed by atoms with Crippen molar-refractivity contribution in [3.8, 4) is 0 Å². The molecule has 0 radical (unpaired) electrons. The van der Waals surface area contributed by atoms with Gasteiger partial charge in [-0.1, -0.05) is 83.1 Å². The maximum Gasteiger partial charge on any atom is 0.190 e. The Morgan fingerprint density at radius 1 is 0.538 bits per heavy atom. The van der Waals surface area contributed by atoms with Gasteiger partial charge in [0.25, 0.3) is 0 Å². The molecule has 8 heteroatoms. The molecule has 4 aromatic heterocycles. The van der Waals surface area contributed by atoms with Crippen LogP contribution in [0.4, 0.5) is 0 Å². The highest BCUT2D eigenvalue weighted by Gasteiger charge is 1.78. The second kappa shape index (κ2) is 32.9. The summed E-state index contributed by atoms with van der Waals surface area (Å²) >= 11 is 0. The van der Waals surface area contributed by atoms with Crippen LogP contribution in [0.25, 0.3) is 0 Å². The molecule has 0 atom stereocenters. The van der Waals surface area contributed by atoms with E-state index in [9.17, 15) is 0 Å². The maximum absolute atomic E-state index is 4.72. The second-order valence-corrected chi connectivity index (χ2v) is 10.9. The standard InChI is InChI=1S/3C4H5NO.4C4H10.C3H3NO/c1-4-2-6-3-5-4;1-4-2-5-3-6-4;1-4-5-2-3-6-4;4*1-4(2)3;1-2-5-3-4-1/h3*2-3H,1H3;4*4H,1-3H3;1-3H. The Morgan fingerprint density at radius 3 is 1.15 bits per heavy atom. The van der Waals surface area contributed by atoms with Gasteiger partial charge in [-0.25, -0.2) is 19.9 Å². The quantitative estimate of drug-likeness (QED) is 0.213. The SMILES string of the molecule is CC(C)C.CC(C)C.CC(C)C.CC(C)C.Cc1cnco1.Cc1cocn1.Cc1ncco1.c1cocn1. The summed E-state index contributed by atoms with van der Waals surface area (Å²) in [6.07, 6.45) is 13.7. The fourth-order valence-corrected chi connectivity index (χ4v) is 1.02. The van der Waals surface area contributed by atoms with Crippen molar-refractivity contribution in [1.82, 2.24) is 19.9 Å². The highest BCUT2D eigenvalue weighted by Crippen LogP contribution is 1.89. The van der Waals surface area contributed by atoms with E-state index in [2.05, 4.69) is 112 Å². The summed E-state index contributed by atoms with van der Waals surface area (Å²) in [5, 5.41) is 0. The Kier molecular flexibility index (Phi) is 36.2. The van der Waals surface area contributed by atoms with E-state index in [0.29, 0.717) is 0 Å². The van der Waals surface area contributed by atoms with Gasteiger partial charge in [0.15, 0.2) is 25.1 Å². The molecule has 4 aromatic rings. The first-order valence-electron chi connectivity index (χ1n) is 13.5. The van der Waals surface area contributed by atoms with Crippen molar-refractivity contribution >= 4 is 0 Å². The Morgan fingerprint density at radius 2 is 1.05 bits per heavy atom. The molecule has 8 nitrogen and oxygen atoms in total. The predicted molar refractivity (Wildman–Crippen MR) is 162 cm³/mol. The predicted octanol–water partition coefficient (Wildman–Crippen LogP) is 10.3. The van der Waals surface area contributed by atoms with Crippen LogP contribution in [0.15, 0.2) is 74.2 Å². The lowest BCUT2D eigenvalue weighted by molar-refractivity contribution is 0.521. The summed E-state index contributed by atoms with van der Waals surface area (Å²) in [6.45, 7) is 31.5. The van der Waals surface area contributed by atoms with Gasteiger partial charge in [0.2, 0.25) is 0 Å². The van der Waals surface area contributed by atoms with Crippen molar-refractivity contribution in [1.29, 1.82) is 0 Å². The summed E-state index contributed by atoms with van der Waals surface area (Å²) in [7, 11) is 0. The minimum absolute atomic E-state index is 0.718. The molecule has 0 aliphatic heterocycles. The summed E-state index contributed by atoms with van der Waals surface area (Å²) in [4.78, 5) is 14.7. The van der Waals surface area contributed by atoms with Crippen LogP contribution in [0.1, 0.15) is 100 Å². The van der Waals surface area contributed by atoms with Gasteiger partial charge in [0.05, 0.1) is 24.3 Å². The topological polar surface area (TPSA) is 104 Å². The highest BCUT2D eigenvalue weighted by atomic mass is 16.3. The molecule has 0 unspecified atom stereocenters. The minimum Gasteiger partial charge on any atom is -0.452 e. The van der Waals surface area contributed by atoms with Crippen LogP contribution in [0.3, 0.4) is 0 Å². The number of rotatable bonds is 0. The maximum atomic E-state index is 4.72. The third kappa shape index (κ3) is 72.0. The van der Waals surface area contributed by atoms with Crippen LogP contribution in [0.5, 0.6) is 0 Å². The first kappa shape index (κ1) is 42.9. The average Bonchev–Trinajstić information content (AvgIpc) is 3.59. The molecule has 0 fully saturated rings. The molecule has 0 aliphatic rings. The largest absolute Gasteiger partial charge is 0.452 e. The Bertz CT molecular complexity index is 710. The Labute approximate surface area is 239 Å². The van der Waals surface area contributed by atoms with Crippen LogP contribution in [0, 0.1) is 44.4 Å². The Balaban J connectivity index is -0.000000181. The van der Waals surface area contributed by atoms with Gasteiger partial charge < -0.3 is 17.7 Å². The molecule has 39 heavy (non-hydrogen) atoms. The van der Waals surface area contributed by atoms with E-state index < -0.39 is 0 Å². The number of nitrogens with zero attached hydrogens (tertiary/aromatic N) is 4. The number of hydrogen-bond donors (Lipinski definition) is 0.